The van der Waals surface area contributed by atoms with Crippen LogP contribution in [0.5, 0.6) is 0 Å². The maximum Gasteiger partial charge on any atom is 0.312 e. The number of carbonyl (C=O) groups is 1. The zero-order valence-electron chi connectivity index (χ0n) is 10.5. The number of rotatable bonds is 0. The van der Waals surface area contributed by atoms with E-state index in [1.807, 2.05) is 0 Å². The second kappa shape index (κ2) is 5.28. The first-order valence-electron chi connectivity index (χ1n) is 6.83. The van der Waals surface area contributed by atoms with Gasteiger partial charge in [-0.25, -0.2) is 4.79 Å². The van der Waals surface area contributed by atoms with Crippen LogP contribution in [0.3, 0.4) is 0 Å². The van der Waals surface area contributed by atoms with Gasteiger partial charge in [-0.3, -0.25) is 4.90 Å². The van der Waals surface area contributed by atoms with Gasteiger partial charge >= 0.3 is 5.91 Å². The Morgan fingerprint density at radius 2 is 1.81 bits per heavy atom. The summed E-state index contributed by atoms with van der Waals surface area (Å²) in [5, 5.41) is 3.35. The standard InChI is InChI=1S/C7H11NO.C6H13N/c1-7-3-2-6(9)8(7)5-4-7;1-2-4-6-7-5-3-1/h2-5H2,1H3;7H,1-6H2/p+1. The normalized spacial score (nSPS) is 37.8. The highest BCUT2D eigenvalue weighted by Crippen LogP contribution is 2.23. The van der Waals surface area contributed by atoms with Crippen LogP contribution < -0.4 is 10.2 Å². The van der Waals surface area contributed by atoms with Crippen LogP contribution in [0.1, 0.15) is 51.9 Å². The molecule has 1 amide bonds. The lowest BCUT2D eigenvalue weighted by Crippen LogP contribution is -3.25. The van der Waals surface area contributed by atoms with Crippen LogP contribution >= 0.6 is 0 Å². The Morgan fingerprint density at radius 1 is 1.12 bits per heavy atom. The fourth-order valence-electron chi connectivity index (χ4n) is 2.95. The van der Waals surface area contributed by atoms with Crippen molar-refractivity contribution in [3.63, 3.8) is 0 Å². The van der Waals surface area contributed by atoms with Gasteiger partial charge in [-0.1, -0.05) is 12.8 Å². The number of hydrogen-bond acceptors (Lipinski definition) is 2. The third kappa shape index (κ3) is 2.64. The van der Waals surface area contributed by atoms with E-state index in [9.17, 15) is 4.79 Å². The summed E-state index contributed by atoms with van der Waals surface area (Å²) >= 11 is 0. The van der Waals surface area contributed by atoms with Crippen LogP contribution in [0.25, 0.3) is 0 Å². The third-order valence-electron chi connectivity index (χ3n) is 4.35. The predicted octanol–water partition coefficient (Wildman–Crippen LogP) is 0.504. The first-order valence-corrected chi connectivity index (χ1v) is 6.83. The first kappa shape index (κ1) is 12.1. The van der Waals surface area contributed by atoms with Gasteiger partial charge in [0.25, 0.3) is 0 Å². The quantitative estimate of drug-likeness (QED) is 0.629. The van der Waals surface area contributed by atoms with E-state index < -0.39 is 0 Å². The number of fused-ring (bicyclic) bond motifs is 1. The van der Waals surface area contributed by atoms with E-state index >= 15 is 0 Å². The molecule has 3 saturated heterocycles. The molecule has 3 rings (SSSR count). The van der Waals surface area contributed by atoms with E-state index in [4.69, 9.17) is 0 Å². The minimum absolute atomic E-state index is 0.372. The van der Waals surface area contributed by atoms with E-state index in [1.165, 1.54) is 50.1 Å². The fraction of sp³-hybridized carbons (Fsp3) is 0.923. The Morgan fingerprint density at radius 3 is 2.19 bits per heavy atom. The minimum atomic E-state index is 0.372. The summed E-state index contributed by atoms with van der Waals surface area (Å²) in [6, 6.07) is 0. The van der Waals surface area contributed by atoms with Gasteiger partial charge in [0.15, 0.2) is 0 Å². The Kier molecular flexibility index (Phi) is 3.98. The molecule has 0 aliphatic carbocycles. The average Bonchev–Trinajstić information content (AvgIpc) is 2.55. The molecule has 3 fully saturated rings. The fourth-order valence-corrected chi connectivity index (χ4v) is 2.95. The van der Waals surface area contributed by atoms with E-state index in [0.29, 0.717) is 11.4 Å². The molecule has 0 radical (unpaired) electrons. The molecule has 0 saturated carbocycles. The van der Waals surface area contributed by atoms with Crippen molar-refractivity contribution >= 4 is 5.91 Å². The number of carbonyl (C=O) groups excluding carboxylic acids is 1. The third-order valence-corrected chi connectivity index (χ3v) is 4.35. The molecule has 92 valence electrons. The molecule has 0 spiro atoms. The Balaban J connectivity index is 0.000000125. The zero-order chi connectivity index (χ0) is 11.4. The van der Waals surface area contributed by atoms with Crippen molar-refractivity contribution in [2.75, 3.05) is 19.6 Å². The summed E-state index contributed by atoms with van der Waals surface area (Å²) in [7, 11) is 0. The summed E-state index contributed by atoms with van der Waals surface area (Å²) in [5.74, 6) is 0.448. The second-order valence-corrected chi connectivity index (χ2v) is 5.63. The van der Waals surface area contributed by atoms with Crippen LogP contribution in [0.15, 0.2) is 0 Å². The first-order chi connectivity index (χ1) is 7.72. The Labute approximate surface area is 98.6 Å². The van der Waals surface area contributed by atoms with Gasteiger partial charge in [0.2, 0.25) is 0 Å². The van der Waals surface area contributed by atoms with Crippen molar-refractivity contribution in [1.82, 2.24) is 5.32 Å². The van der Waals surface area contributed by atoms with Gasteiger partial charge in [0.05, 0.1) is 19.4 Å². The maximum absolute atomic E-state index is 11.0. The van der Waals surface area contributed by atoms with Gasteiger partial charge < -0.3 is 5.32 Å². The molecule has 0 bridgehead atoms. The monoisotopic (exact) mass is 225 g/mol. The summed E-state index contributed by atoms with van der Waals surface area (Å²) in [5.41, 5.74) is 0.372. The number of quaternary nitrogens is 1. The zero-order valence-corrected chi connectivity index (χ0v) is 10.5. The van der Waals surface area contributed by atoms with E-state index in [-0.39, 0.29) is 0 Å². The molecule has 2 N–H and O–H groups in total. The van der Waals surface area contributed by atoms with E-state index in [2.05, 4.69) is 12.2 Å². The van der Waals surface area contributed by atoms with Gasteiger partial charge in [0.1, 0.15) is 5.54 Å². The van der Waals surface area contributed by atoms with Gasteiger partial charge in [-0.15, -0.1) is 0 Å². The lowest BCUT2D eigenvalue weighted by Gasteiger charge is -2.39. The highest BCUT2D eigenvalue weighted by molar-refractivity contribution is 5.69. The van der Waals surface area contributed by atoms with Crippen LogP contribution in [0, 0.1) is 0 Å². The summed E-state index contributed by atoms with van der Waals surface area (Å²) in [6.07, 6.45) is 8.86. The Bertz CT molecular complexity index is 235. The lowest BCUT2D eigenvalue weighted by molar-refractivity contribution is -0.914. The highest BCUT2D eigenvalue weighted by Gasteiger charge is 2.54. The van der Waals surface area contributed by atoms with Crippen molar-refractivity contribution in [3.05, 3.63) is 0 Å². The summed E-state index contributed by atoms with van der Waals surface area (Å²) in [4.78, 5) is 12.2. The highest BCUT2D eigenvalue weighted by atomic mass is 16.2. The molecule has 0 aromatic rings. The molecule has 3 aliphatic rings. The summed E-state index contributed by atoms with van der Waals surface area (Å²) in [6.45, 7) is 5.81. The van der Waals surface area contributed by atoms with Crippen molar-refractivity contribution in [2.45, 2.75) is 57.4 Å². The van der Waals surface area contributed by atoms with E-state index in [0.717, 1.165) is 19.4 Å². The van der Waals surface area contributed by atoms with Crippen LogP contribution in [-0.4, -0.2) is 31.1 Å². The second-order valence-electron chi connectivity index (χ2n) is 5.63. The topological polar surface area (TPSA) is 33.5 Å². The minimum Gasteiger partial charge on any atom is -0.317 e. The van der Waals surface area contributed by atoms with Gasteiger partial charge in [-0.05, 0) is 32.9 Å². The van der Waals surface area contributed by atoms with Crippen LogP contribution in [0.4, 0.5) is 0 Å². The number of amides is 1. The molecule has 0 aromatic carbocycles. The smallest absolute Gasteiger partial charge is 0.312 e. The number of nitrogens with one attached hydrogen (secondary N) is 2. The van der Waals surface area contributed by atoms with E-state index in [1.54, 1.807) is 0 Å². The maximum atomic E-state index is 11.0. The lowest BCUT2D eigenvalue weighted by atomic mass is 9.88. The van der Waals surface area contributed by atoms with Crippen LogP contribution in [-0.2, 0) is 4.79 Å². The number of hydrogen-bond donors (Lipinski definition) is 2. The molecule has 3 heterocycles. The average molecular weight is 225 g/mol. The van der Waals surface area contributed by atoms with Gasteiger partial charge in [-0.2, -0.15) is 0 Å². The van der Waals surface area contributed by atoms with Gasteiger partial charge in [0, 0.05) is 6.42 Å². The van der Waals surface area contributed by atoms with Crippen molar-refractivity contribution in [3.8, 4) is 0 Å². The van der Waals surface area contributed by atoms with Crippen LogP contribution in [0.2, 0.25) is 0 Å². The molecule has 2 atom stereocenters. The van der Waals surface area contributed by atoms with Crippen molar-refractivity contribution < 1.29 is 9.69 Å². The molecule has 16 heavy (non-hydrogen) atoms. The predicted molar refractivity (Wildman–Crippen MR) is 64.4 cm³/mol. The van der Waals surface area contributed by atoms with Crippen molar-refractivity contribution in [1.29, 1.82) is 0 Å². The Hall–Kier alpha value is -0.410. The largest absolute Gasteiger partial charge is 0.317 e. The molecule has 2 unspecified atom stereocenters. The molecule has 0 aromatic heterocycles. The SMILES string of the molecule is C1CCCNCC1.CC12CCC(=O)[NH+]1CC2. The molecule has 3 heteroatoms. The molecular weight excluding hydrogens is 200 g/mol. The summed E-state index contributed by atoms with van der Waals surface area (Å²) < 4.78 is 0. The molecular formula is C13H25N2O+. The van der Waals surface area contributed by atoms with Crippen molar-refractivity contribution in [2.24, 2.45) is 0 Å². The molecule has 3 nitrogen and oxygen atoms in total. The molecule has 3 aliphatic heterocycles.